The van der Waals surface area contributed by atoms with Gasteiger partial charge in [0.15, 0.2) is 11.5 Å². The van der Waals surface area contributed by atoms with Crippen LogP contribution in [0.5, 0.6) is 11.5 Å². The molecule has 0 spiro atoms. The van der Waals surface area contributed by atoms with E-state index >= 15 is 0 Å². The predicted octanol–water partition coefficient (Wildman–Crippen LogP) is 3.12. The van der Waals surface area contributed by atoms with Gasteiger partial charge in [-0.05, 0) is 31.2 Å². The molecule has 0 fully saturated rings. The molecule has 0 N–H and O–H groups in total. The molecule has 1 aliphatic heterocycles. The lowest BCUT2D eigenvalue weighted by Crippen LogP contribution is -2.31. The highest BCUT2D eigenvalue weighted by Gasteiger charge is 2.24. The minimum absolute atomic E-state index is 0.0777. The molecule has 0 saturated carbocycles. The van der Waals surface area contributed by atoms with Gasteiger partial charge in [0.1, 0.15) is 13.2 Å². The van der Waals surface area contributed by atoms with Crippen molar-refractivity contribution in [1.82, 2.24) is 0 Å². The Bertz CT molecular complexity index is 640. The number of benzene rings is 2. The SMILES string of the molecule is CCN(C(=O)c1cccc2c1OCCO2)c1ccccc1. The normalized spacial score (nSPS) is 12.8. The van der Waals surface area contributed by atoms with Gasteiger partial charge in [-0.1, -0.05) is 24.3 Å². The molecule has 21 heavy (non-hydrogen) atoms. The highest BCUT2D eigenvalue weighted by atomic mass is 16.6. The lowest BCUT2D eigenvalue weighted by Gasteiger charge is -2.25. The number of hydrogen-bond acceptors (Lipinski definition) is 3. The molecule has 4 nitrogen and oxygen atoms in total. The van der Waals surface area contributed by atoms with Gasteiger partial charge in [0, 0.05) is 12.2 Å². The summed E-state index contributed by atoms with van der Waals surface area (Å²) in [6.07, 6.45) is 0. The Morgan fingerprint density at radius 1 is 1.05 bits per heavy atom. The fourth-order valence-electron chi connectivity index (χ4n) is 2.44. The topological polar surface area (TPSA) is 38.8 Å². The van der Waals surface area contributed by atoms with E-state index in [9.17, 15) is 4.79 Å². The molecule has 0 bridgehead atoms. The zero-order chi connectivity index (χ0) is 14.7. The summed E-state index contributed by atoms with van der Waals surface area (Å²) in [6.45, 7) is 3.53. The van der Waals surface area contributed by atoms with E-state index in [1.807, 2.05) is 49.4 Å². The summed E-state index contributed by atoms with van der Waals surface area (Å²) in [5.41, 5.74) is 1.41. The number of carbonyl (C=O) groups excluding carboxylic acids is 1. The summed E-state index contributed by atoms with van der Waals surface area (Å²) in [6, 6.07) is 15.0. The van der Waals surface area contributed by atoms with Crippen LogP contribution in [0.15, 0.2) is 48.5 Å². The molecule has 1 aliphatic rings. The Morgan fingerprint density at radius 2 is 1.81 bits per heavy atom. The van der Waals surface area contributed by atoms with E-state index in [-0.39, 0.29) is 5.91 Å². The van der Waals surface area contributed by atoms with Crippen molar-refractivity contribution in [3.05, 3.63) is 54.1 Å². The van der Waals surface area contributed by atoms with E-state index in [2.05, 4.69) is 0 Å². The van der Waals surface area contributed by atoms with Crippen molar-refractivity contribution in [2.45, 2.75) is 6.92 Å². The number of fused-ring (bicyclic) bond motifs is 1. The molecule has 1 amide bonds. The first-order valence-electron chi connectivity index (χ1n) is 7.06. The van der Waals surface area contributed by atoms with Gasteiger partial charge < -0.3 is 14.4 Å². The molecule has 2 aromatic rings. The quantitative estimate of drug-likeness (QED) is 0.868. The molecule has 4 heteroatoms. The minimum Gasteiger partial charge on any atom is -0.486 e. The summed E-state index contributed by atoms with van der Waals surface area (Å²) < 4.78 is 11.2. The number of anilines is 1. The van der Waals surface area contributed by atoms with E-state index in [4.69, 9.17) is 9.47 Å². The molecule has 2 aromatic carbocycles. The van der Waals surface area contributed by atoms with Gasteiger partial charge >= 0.3 is 0 Å². The van der Waals surface area contributed by atoms with Gasteiger partial charge in [0.25, 0.3) is 5.91 Å². The van der Waals surface area contributed by atoms with Crippen LogP contribution in [-0.4, -0.2) is 25.7 Å². The van der Waals surface area contributed by atoms with Crippen molar-refractivity contribution in [3.8, 4) is 11.5 Å². The fraction of sp³-hybridized carbons (Fsp3) is 0.235. The second-order valence-corrected chi connectivity index (χ2v) is 4.71. The third kappa shape index (κ3) is 2.57. The molecule has 0 unspecified atom stereocenters. The van der Waals surface area contributed by atoms with Crippen LogP contribution in [0.3, 0.4) is 0 Å². The Morgan fingerprint density at radius 3 is 2.57 bits per heavy atom. The second kappa shape index (κ2) is 5.87. The maximum atomic E-state index is 12.8. The van der Waals surface area contributed by atoms with Crippen LogP contribution in [0.2, 0.25) is 0 Å². The van der Waals surface area contributed by atoms with Crippen molar-refractivity contribution >= 4 is 11.6 Å². The fourth-order valence-corrected chi connectivity index (χ4v) is 2.44. The van der Waals surface area contributed by atoms with Gasteiger partial charge in [0.05, 0.1) is 5.56 Å². The minimum atomic E-state index is -0.0777. The first-order valence-corrected chi connectivity index (χ1v) is 7.06. The summed E-state index contributed by atoms with van der Waals surface area (Å²) in [5, 5.41) is 0. The van der Waals surface area contributed by atoms with Gasteiger partial charge in [-0.3, -0.25) is 4.79 Å². The van der Waals surface area contributed by atoms with Crippen molar-refractivity contribution in [2.24, 2.45) is 0 Å². The van der Waals surface area contributed by atoms with E-state index < -0.39 is 0 Å². The van der Waals surface area contributed by atoms with E-state index in [0.717, 1.165) is 5.69 Å². The lowest BCUT2D eigenvalue weighted by atomic mass is 10.1. The summed E-state index contributed by atoms with van der Waals surface area (Å²) >= 11 is 0. The Balaban J connectivity index is 1.98. The Hall–Kier alpha value is -2.49. The Labute approximate surface area is 123 Å². The maximum Gasteiger partial charge on any atom is 0.262 e. The Kier molecular flexibility index (Phi) is 3.77. The number of ether oxygens (including phenoxy) is 2. The number of rotatable bonds is 3. The smallest absolute Gasteiger partial charge is 0.262 e. The third-order valence-corrected chi connectivity index (χ3v) is 3.43. The van der Waals surface area contributed by atoms with Crippen molar-refractivity contribution in [3.63, 3.8) is 0 Å². The van der Waals surface area contributed by atoms with Gasteiger partial charge in [-0.2, -0.15) is 0 Å². The number of amides is 1. The molecule has 0 atom stereocenters. The predicted molar refractivity (Wildman–Crippen MR) is 81.2 cm³/mol. The van der Waals surface area contributed by atoms with Crippen molar-refractivity contribution in [1.29, 1.82) is 0 Å². The van der Waals surface area contributed by atoms with Crippen LogP contribution in [0.4, 0.5) is 5.69 Å². The van der Waals surface area contributed by atoms with E-state index in [1.165, 1.54) is 0 Å². The van der Waals surface area contributed by atoms with Crippen molar-refractivity contribution < 1.29 is 14.3 Å². The van der Waals surface area contributed by atoms with Crippen LogP contribution in [0.25, 0.3) is 0 Å². The molecular formula is C17H17NO3. The number of nitrogens with zero attached hydrogens (tertiary/aromatic N) is 1. The highest BCUT2D eigenvalue weighted by molar-refractivity contribution is 6.08. The summed E-state index contributed by atoms with van der Waals surface area (Å²) in [4.78, 5) is 14.6. The van der Waals surface area contributed by atoms with Gasteiger partial charge in [-0.25, -0.2) is 0 Å². The van der Waals surface area contributed by atoms with Crippen LogP contribution >= 0.6 is 0 Å². The highest BCUT2D eigenvalue weighted by Crippen LogP contribution is 2.34. The van der Waals surface area contributed by atoms with Crippen LogP contribution < -0.4 is 14.4 Å². The van der Waals surface area contributed by atoms with Gasteiger partial charge in [-0.15, -0.1) is 0 Å². The largest absolute Gasteiger partial charge is 0.486 e. The molecule has 0 saturated heterocycles. The molecule has 108 valence electrons. The number of hydrogen-bond donors (Lipinski definition) is 0. The molecule has 0 radical (unpaired) electrons. The first kappa shape index (κ1) is 13.5. The van der Waals surface area contributed by atoms with E-state index in [1.54, 1.807) is 11.0 Å². The van der Waals surface area contributed by atoms with Crippen LogP contribution in [0, 0.1) is 0 Å². The molecular weight excluding hydrogens is 266 g/mol. The van der Waals surface area contributed by atoms with Crippen LogP contribution in [-0.2, 0) is 0 Å². The molecule has 1 heterocycles. The second-order valence-electron chi connectivity index (χ2n) is 4.71. The molecule has 0 aliphatic carbocycles. The zero-order valence-corrected chi connectivity index (χ0v) is 11.9. The standard InChI is InChI=1S/C17H17NO3/c1-2-18(13-7-4-3-5-8-13)17(19)14-9-6-10-15-16(14)21-12-11-20-15/h3-10H,2,11-12H2,1H3. The van der Waals surface area contributed by atoms with E-state index in [0.29, 0.717) is 36.8 Å². The summed E-state index contributed by atoms with van der Waals surface area (Å²) in [5.74, 6) is 1.10. The monoisotopic (exact) mass is 283 g/mol. The number of para-hydroxylation sites is 2. The third-order valence-electron chi connectivity index (χ3n) is 3.43. The van der Waals surface area contributed by atoms with Gasteiger partial charge in [0.2, 0.25) is 0 Å². The average Bonchev–Trinajstić information content (AvgIpc) is 2.56. The number of carbonyl (C=O) groups is 1. The summed E-state index contributed by atoms with van der Waals surface area (Å²) in [7, 11) is 0. The average molecular weight is 283 g/mol. The maximum absolute atomic E-state index is 12.8. The first-order chi connectivity index (χ1) is 10.3. The zero-order valence-electron chi connectivity index (χ0n) is 11.9. The van der Waals surface area contributed by atoms with Crippen molar-refractivity contribution in [2.75, 3.05) is 24.7 Å². The van der Waals surface area contributed by atoms with Crippen LogP contribution in [0.1, 0.15) is 17.3 Å². The lowest BCUT2D eigenvalue weighted by molar-refractivity contribution is 0.0977. The molecule has 3 rings (SSSR count). The molecule has 0 aromatic heterocycles.